The van der Waals surface area contributed by atoms with Crippen LogP contribution < -0.4 is 10.0 Å². The van der Waals surface area contributed by atoms with Gasteiger partial charge in [0.15, 0.2) is 0 Å². The van der Waals surface area contributed by atoms with Crippen LogP contribution in [0.1, 0.15) is 30.9 Å². The number of nitrogens with zero attached hydrogens (tertiary/aromatic N) is 4. The monoisotopic (exact) mass is 405 g/mol. The zero-order valence-electron chi connectivity index (χ0n) is 15.5. The van der Waals surface area contributed by atoms with Crippen molar-refractivity contribution in [1.82, 2.24) is 4.98 Å². The van der Waals surface area contributed by atoms with Gasteiger partial charge in [0, 0.05) is 24.4 Å². The maximum atomic E-state index is 11.1. The smallest absolute Gasteiger partial charge is 0.283 e. The van der Waals surface area contributed by atoms with Crippen molar-refractivity contribution in [2.75, 3.05) is 13.6 Å². The first-order chi connectivity index (χ1) is 13.7. The number of nitro groups is 3. The third-order valence-corrected chi connectivity index (χ3v) is 4.63. The van der Waals surface area contributed by atoms with E-state index in [0.717, 1.165) is 0 Å². The van der Waals surface area contributed by atoms with Crippen molar-refractivity contribution in [3.8, 4) is 5.75 Å². The fourth-order valence-corrected chi connectivity index (χ4v) is 3.17. The number of non-ortho nitro benzene ring substituents is 1. The predicted octanol–water partition coefficient (Wildman–Crippen LogP) is 1.31. The molecule has 1 fully saturated rings. The molecule has 1 aromatic heterocycles. The Bertz CT molecular complexity index is 871. The summed E-state index contributed by atoms with van der Waals surface area (Å²) in [7, 11) is 2.29. The summed E-state index contributed by atoms with van der Waals surface area (Å²) in [6.45, 7) is 1.31. The fraction of sp³-hybridized carbons (Fsp3) is 0.353. The molecule has 2 atom stereocenters. The maximum absolute atomic E-state index is 11.1. The van der Waals surface area contributed by atoms with Crippen molar-refractivity contribution < 1.29 is 24.8 Å². The number of hydrogen-bond donors (Lipinski definition) is 1. The fourth-order valence-electron chi connectivity index (χ4n) is 3.17. The molecule has 0 amide bonds. The van der Waals surface area contributed by atoms with Gasteiger partial charge in [-0.2, -0.15) is 0 Å². The number of quaternary nitrogens is 1. The molecule has 0 spiro atoms. The summed E-state index contributed by atoms with van der Waals surface area (Å²) in [5.74, 6) is -1.46. The van der Waals surface area contributed by atoms with Gasteiger partial charge in [0.05, 0.1) is 46.2 Å². The molecule has 1 saturated heterocycles. The molecule has 3 rings (SSSR count). The van der Waals surface area contributed by atoms with E-state index in [2.05, 4.69) is 18.1 Å². The van der Waals surface area contributed by atoms with Crippen molar-refractivity contribution in [3.05, 3.63) is 72.6 Å². The average Bonchev–Trinajstić information content (AvgIpc) is 2.69. The summed E-state index contributed by atoms with van der Waals surface area (Å²) in [5, 5.41) is 42.1. The Kier molecular flexibility index (Phi) is 7.09. The molecular weight excluding hydrogens is 386 g/mol. The van der Waals surface area contributed by atoms with Crippen LogP contribution in [-0.2, 0) is 0 Å². The summed E-state index contributed by atoms with van der Waals surface area (Å²) in [4.78, 5) is 33.3. The molecule has 1 aromatic carbocycles. The first kappa shape index (κ1) is 21.6. The van der Waals surface area contributed by atoms with E-state index >= 15 is 0 Å². The van der Waals surface area contributed by atoms with Gasteiger partial charge in [-0.05, 0) is 18.9 Å². The zero-order chi connectivity index (χ0) is 21.6. The van der Waals surface area contributed by atoms with E-state index in [4.69, 9.17) is 0 Å². The Morgan fingerprint density at radius 3 is 2.10 bits per heavy atom. The second-order valence-electron chi connectivity index (χ2n) is 6.52. The van der Waals surface area contributed by atoms with Crippen LogP contribution in [0.15, 0.2) is 36.7 Å². The second-order valence-corrected chi connectivity index (χ2v) is 6.52. The largest absolute Gasteiger partial charge is 0.863 e. The van der Waals surface area contributed by atoms with Crippen molar-refractivity contribution in [2.45, 2.75) is 25.3 Å². The molecule has 1 aliphatic rings. The minimum atomic E-state index is -1.46. The van der Waals surface area contributed by atoms with Crippen LogP contribution in [0.2, 0.25) is 0 Å². The number of pyridine rings is 1. The van der Waals surface area contributed by atoms with Crippen LogP contribution in [0.4, 0.5) is 17.1 Å². The van der Waals surface area contributed by atoms with Gasteiger partial charge in [0.25, 0.3) is 17.1 Å². The number of rotatable bonds is 4. The molecule has 2 aromatic rings. The number of nitrogens with one attached hydrogen (secondary N) is 1. The summed E-state index contributed by atoms with van der Waals surface area (Å²) >= 11 is 0. The lowest BCUT2D eigenvalue weighted by Gasteiger charge is -2.29. The zero-order valence-corrected chi connectivity index (χ0v) is 15.5. The van der Waals surface area contributed by atoms with Gasteiger partial charge in [-0.1, -0.05) is 6.07 Å². The molecule has 0 aliphatic carbocycles. The minimum Gasteiger partial charge on any atom is -0.863 e. The van der Waals surface area contributed by atoms with Gasteiger partial charge in [-0.25, -0.2) is 0 Å². The predicted molar refractivity (Wildman–Crippen MR) is 98.4 cm³/mol. The highest BCUT2D eigenvalue weighted by Crippen LogP contribution is 2.36. The van der Waals surface area contributed by atoms with Gasteiger partial charge in [0.2, 0.25) is 0 Å². The minimum absolute atomic E-state index is 0.384. The normalized spacial score (nSPS) is 18.2. The van der Waals surface area contributed by atoms with Crippen molar-refractivity contribution in [1.29, 1.82) is 0 Å². The quantitative estimate of drug-likeness (QED) is 0.586. The number of nitro benzene ring substituents is 3. The maximum Gasteiger partial charge on any atom is 0.283 e. The molecule has 0 bridgehead atoms. The molecule has 0 saturated carbocycles. The number of hydrogen-bond acceptors (Lipinski definition) is 8. The lowest BCUT2D eigenvalue weighted by Crippen LogP contribution is -3.10. The molecule has 1 aliphatic heterocycles. The van der Waals surface area contributed by atoms with Crippen molar-refractivity contribution in [2.24, 2.45) is 0 Å². The first-order valence-corrected chi connectivity index (χ1v) is 8.72. The van der Waals surface area contributed by atoms with E-state index in [1.165, 1.54) is 31.4 Å². The number of piperidine rings is 1. The Labute approximate surface area is 164 Å². The summed E-state index contributed by atoms with van der Waals surface area (Å²) < 4.78 is 0. The molecule has 12 heteroatoms. The van der Waals surface area contributed by atoms with Crippen LogP contribution in [0.3, 0.4) is 0 Å². The van der Waals surface area contributed by atoms with E-state index in [0.29, 0.717) is 18.2 Å². The number of benzene rings is 1. The van der Waals surface area contributed by atoms with E-state index in [1.807, 2.05) is 18.5 Å². The Morgan fingerprint density at radius 1 is 1.03 bits per heavy atom. The Morgan fingerprint density at radius 2 is 1.66 bits per heavy atom. The molecule has 2 heterocycles. The van der Waals surface area contributed by atoms with Gasteiger partial charge < -0.3 is 10.0 Å². The number of likely N-dealkylation sites (tertiary alicyclic amines) is 1. The van der Waals surface area contributed by atoms with Crippen molar-refractivity contribution in [3.63, 3.8) is 0 Å². The molecule has 12 nitrogen and oxygen atoms in total. The van der Waals surface area contributed by atoms with Gasteiger partial charge in [-0.3, -0.25) is 35.3 Å². The molecule has 2 unspecified atom stereocenters. The van der Waals surface area contributed by atoms with E-state index < -0.39 is 37.6 Å². The standard InChI is InChI=1S/C11H16N2.C6H3N3O7/c1-13-8-3-2-6-11(13)10-5-4-7-12-9-10;10-6-4(8(13)14)1-3(7(11)12)2-5(6)9(15)16/h4-5,7,9,11H,2-3,6,8H2,1H3;1-2,10H. The second kappa shape index (κ2) is 9.50. The topological polar surface area (TPSA) is 170 Å². The van der Waals surface area contributed by atoms with Crippen LogP contribution in [0.25, 0.3) is 0 Å². The molecular formula is C17H19N5O7. The van der Waals surface area contributed by atoms with Crippen LogP contribution in [-0.4, -0.2) is 33.3 Å². The van der Waals surface area contributed by atoms with Crippen LogP contribution >= 0.6 is 0 Å². The highest BCUT2D eigenvalue weighted by molar-refractivity contribution is 5.63. The average molecular weight is 405 g/mol. The molecule has 1 N–H and O–H groups in total. The highest BCUT2D eigenvalue weighted by Gasteiger charge is 2.25. The number of aromatic nitrogens is 1. The van der Waals surface area contributed by atoms with Crippen LogP contribution in [0.5, 0.6) is 5.75 Å². The molecule has 29 heavy (non-hydrogen) atoms. The Hall–Kier alpha value is -3.67. The summed E-state index contributed by atoms with van der Waals surface area (Å²) in [6.07, 6.45) is 7.93. The van der Waals surface area contributed by atoms with E-state index in [1.54, 1.807) is 4.90 Å². The molecule has 0 radical (unpaired) electrons. The molecule has 154 valence electrons. The van der Waals surface area contributed by atoms with Gasteiger partial charge in [-0.15, -0.1) is 0 Å². The summed E-state index contributed by atoms with van der Waals surface area (Å²) in [5.41, 5.74) is -1.86. The van der Waals surface area contributed by atoms with E-state index in [-0.39, 0.29) is 0 Å². The third kappa shape index (κ3) is 5.42. The van der Waals surface area contributed by atoms with E-state index in [9.17, 15) is 35.4 Å². The van der Waals surface area contributed by atoms with Crippen LogP contribution in [0, 0.1) is 30.3 Å². The highest BCUT2D eigenvalue weighted by atomic mass is 16.6. The Balaban J connectivity index is 0.000000211. The lowest BCUT2D eigenvalue weighted by atomic mass is 9.97. The van der Waals surface area contributed by atoms with Gasteiger partial charge >= 0.3 is 0 Å². The van der Waals surface area contributed by atoms with Crippen molar-refractivity contribution >= 4 is 17.1 Å². The lowest BCUT2D eigenvalue weighted by molar-refractivity contribution is -0.917. The van der Waals surface area contributed by atoms with Gasteiger partial charge in [0.1, 0.15) is 6.04 Å². The summed E-state index contributed by atoms with van der Waals surface area (Å²) in [6, 6.07) is 5.69. The third-order valence-electron chi connectivity index (χ3n) is 4.63. The SMILES string of the molecule is C[NH+]1CCCCC1c1cccnc1.O=[N+]([O-])c1cc([N+](=O)[O-])c([O-])c([N+](=O)[O-])c1. The first-order valence-electron chi connectivity index (χ1n) is 8.72.